The summed E-state index contributed by atoms with van der Waals surface area (Å²) in [5.74, 6) is 2.04. The van der Waals surface area contributed by atoms with Crippen molar-refractivity contribution in [2.24, 2.45) is 7.05 Å². The Morgan fingerprint density at radius 1 is 1.47 bits per heavy atom. The van der Waals surface area contributed by atoms with Gasteiger partial charge in [0.05, 0.1) is 6.54 Å². The van der Waals surface area contributed by atoms with Gasteiger partial charge in [0.15, 0.2) is 0 Å². The van der Waals surface area contributed by atoms with Crippen LogP contribution < -0.4 is 5.32 Å². The molecule has 0 aliphatic carbocycles. The number of nitrogens with zero attached hydrogens (tertiary/aromatic N) is 4. The summed E-state index contributed by atoms with van der Waals surface area (Å²) in [6.45, 7) is 8.36. The van der Waals surface area contributed by atoms with Crippen molar-refractivity contribution in [2.75, 3.05) is 19.6 Å². The summed E-state index contributed by atoms with van der Waals surface area (Å²) >= 11 is 0. The molecule has 0 aromatic carbocycles. The highest BCUT2D eigenvalue weighted by Gasteiger charge is 2.19. The summed E-state index contributed by atoms with van der Waals surface area (Å²) in [7, 11) is 2.03. The van der Waals surface area contributed by atoms with Crippen molar-refractivity contribution in [1.29, 1.82) is 0 Å². The van der Waals surface area contributed by atoms with E-state index < -0.39 is 0 Å². The predicted molar refractivity (Wildman–Crippen MR) is 58.5 cm³/mol. The van der Waals surface area contributed by atoms with Crippen LogP contribution in [0.5, 0.6) is 0 Å². The number of hydrogen-bond acceptors (Lipinski definition) is 4. The molecule has 0 radical (unpaired) electrons. The Bertz CT molecular complexity index is 333. The molecule has 0 amide bonds. The number of hydrogen-bond donors (Lipinski definition) is 1. The third-order valence-corrected chi connectivity index (χ3v) is 3.17. The minimum Gasteiger partial charge on any atom is -0.317 e. The Labute approximate surface area is 90.5 Å². The lowest BCUT2D eigenvalue weighted by molar-refractivity contribution is 0.160. The number of aromatic nitrogens is 3. The molecule has 1 saturated heterocycles. The van der Waals surface area contributed by atoms with Gasteiger partial charge in [0.1, 0.15) is 11.6 Å². The Balaban J connectivity index is 2.04. The highest BCUT2D eigenvalue weighted by molar-refractivity contribution is 4.93. The molecule has 1 aromatic heterocycles. The molecule has 1 atom stereocenters. The van der Waals surface area contributed by atoms with Crippen LogP contribution in [0.15, 0.2) is 0 Å². The zero-order valence-electron chi connectivity index (χ0n) is 9.69. The van der Waals surface area contributed by atoms with Crippen LogP contribution >= 0.6 is 0 Å². The smallest absolute Gasteiger partial charge is 0.146 e. The summed E-state index contributed by atoms with van der Waals surface area (Å²) in [5.41, 5.74) is 0. The summed E-state index contributed by atoms with van der Waals surface area (Å²) in [4.78, 5) is 2.44. The normalized spacial score (nSPS) is 23.3. The first-order valence-corrected chi connectivity index (χ1v) is 5.48. The van der Waals surface area contributed by atoms with Gasteiger partial charge in [-0.3, -0.25) is 4.90 Å². The molecular weight excluding hydrogens is 190 g/mol. The van der Waals surface area contributed by atoms with E-state index >= 15 is 0 Å². The van der Waals surface area contributed by atoms with E-state index in [9.17, 15) is 0 Å². The molecule has 1 aliphatic rings. The maximum Gasteiger partial charge on any atom is 0.146 e. The van der Waals surface area contributed by atoms with Crippen molar-refractivity contribution in [2.45, 2.75) is 26.4 Å². The van der Waals surface area contributed by atoms with Crippen molar-refractivity contribution in [3.05, 3.63) is 11.6 Å². The summed E-state index contributed by atoms with van der Waals surface area (Å²) in [6, 6.07) is 0.579. The lowest BCUT2D eigenvalue weighted by atomic mass is 10.2. The zero-order valence-corrected chi connectivity index (χ0v) is 9.69. The quantitative estimate of drug-likeness (QED) is 0.740. The SMILES string of the molecule is Cc1nnc(CN2CCNC[C@H]2C)n1C. The van der Waals surface area contributed by atoms with E-state index in [2.05, 4.69) is 31.9 Å². The van der Waals surface area contributed by atoms with E-state index in [1.807, 2.05) is 14.0 Å². The molecule has 0 saturated carbocycles. The molecule has 2 rings (SSSR count). The van der Waals surface area contributed by atoms with Crippen LogP contribution in [0.3, 0.4) is 0 Å². The van der Waals surface area contributed by atoms with Gasteiger partial charge >= 0.3 is 0 Å². The number of piperazine rings is 1. The third kappa shape index (κ3) is 2.18. The van der Waals surface area contributed by atoms with Crippen LogP contribution in [-0.2, 0) is 13.6 Å². The van der Waals surface area contributed by atoms with E-state index in [1.165, 1.54) is 0 Å². The number of rotatable bonds is 2. The van der Waals surface area contributed by atoms with Crippen LogP contribution in [-0.4, -0.2) is 45.3 Å². The third-order valence-electron chi connectivity index (χ3n) is 3.17. The maximum absolute atomic E-state index is 4.19. The minimum absolute atomic E-state index is 0.579. The van der Waals surface area contributed by atoms with Gasteiger partial charge in [0.25, 0.3) is 0 Å². The summed E-state index contributed by atoms with van der Waals surface area (Å²) in [5, 5.41) is 11.7. The molecule has 1 aliphatic heterocycles. The van der Waals surface area contributed by atoms with E-state index in [0.717, 1.165) is 37.8 Å². The predicted octanol–water partition coefficient (Wildman–Crippen LogP) is -0.0828. The van der Waals surface area contributed by atoms with Crippen LogP contribution in [0, 0.1) is 6.92 Å². The lowest BCUT2D eigenvalue weighted by Gasteiger charge is -2.33. The van der Waals surface area contributed by atoms with Crippen LogP contribution in [0.4, 0.5) is 0 Å². The highest BCUT2D eigenvalue weighted by Crippen LogP contribution is 2.08. The Morgan fingerprint density at radius 2 is 2.27 bits per heavy atom. The van der Waals surface area contributed by atoms with E-state index in [4.69, 9.17) is 0 Å². The van der Waals surface area contributed by atoms with Gasteiger partial charge in [-0.2, -0.15) is 0 Å². The summed E-state index contributed by atoms with van der Waals surface area (Å²) < 4.78 is 2.06. The fourth-order valence-corrected chi connectivity index (χ4v) is 1.89. The zero-order chi connectivity index (χ0) is 10.8. The van der Waals surface area contributed by atoms with Crippen LogP contribution in [0.2, 0.25) is 0 Å². The van der Waals surface area contributed by atoms with E-state index in [1.54, 1.807) is 0 Å². The Hall–Kier alpha value is -0.940. The number of aryl methyl sites for hydroxylation is 1. The second-order valence-electron chi connectivity index (χ2n) is 4.25. The second kappa shape index (κ2) is 4.28. The fraction of sp³-hybridized carbons (Fsp3) is 0.800. The topological polar surface area (TPSA) is 46.0 Å². The van der Waals surface area contributed by atoms with Gasteiger partial charge in [-0.1, -0.05) is 0 Å². The molecule has 1 aromatic rings. The maximum atomic E-state index is 4.19. The first-order chi connectivity index (χ1) is 7.18. The molecule has 5 heteroatoms. The molecule has 84 valence electrons. The summed E-state index contributed by atoms with van der Waals surface area (Å²) in [6.07, 6.45) is 0. The average molecular weight is 209 g/mol. The minimum atomic E-state index is 0.579. The van der Waals surface area contributed by atoms with Gasteiger partial charge in [0, 0.05) is 32.7 Å². The van der Waals surface area contributed by atoms with E-state index in [-0.39, 0.29) is 0 Å². The monoisotopic (exact) mass is 209 g/mol. The second-order valence-corrected chi connectivity index (χ2v) is 4.25. The first kappa shape index (κ1) is 10.6. The van der Waals surface area contributed by atoms with Crippen LogP contribution in [0.25, 0.3) is 0 Å². The highest BCUT2D eigenvalue weighted by atomic mass is 15.3. The van der Waals surface area contributed by atoms with Gasteiger partial charge in [-0.05, 0) is 13.8 Å². The van der Waals surface area contributed by atoms with Gasteiger partial charge in [-0.25, -0.2) is 0 Å². The van der Waals surface area contributed by atoms with Crippen molar-refractivity contribution in [3.8, 4) is 0 Å². The van der Waals surface area contributed by atoms with Gasteiger partial charge < -0.3 is 9.88 Å². The largest absolute Gasteiger partial charge is 0.317 e. The molecule has 1 fully saturated rings. The van der Waals surface area contributed by atoms with Crippen molar-refractivity contribution >= 4 is 0 Å². The van der Waals surface area contributed by atoms with Gasteiger partial charge in [0.2, 0.25) is 0 Å². The fourth-order valence-electron chi connectivity index (χ4n) is 1.89. The van der Waals surface area contributed by atoms with Crippen molar-refractivity contribution in [3.63, 3.8) is 0 Å². The average Bonchev–Trinajstić information content (AvgIpc) is 2.53. The Kier molecular flexibility index (Phi) is 3.02. The molecular formula is C10H19N5. The van der Waals surface area contributed by atoms with Crippen molar-refractivity contribution < 1.29 is 0 Å². The molecule has 0 unspecified atom stereocenters. The van der Waals surface area contributed by atoms with Gasteiger partial charge in [-0.15, -0.1) is 10.2 Å². The molecule has 0 bridgehead atoms. The van der Waals surface area contributed by atoms with E-state index in [0.29, 0.717) is 6.04 Å². The molecule has 0 spiro atoms. The van der Waals surface area contributed by atoms with Crippen molar-refractivity contribution in [1.82, 2.24) is 25.0 Å². The number of nitrogens with one attached hydrogen (secondary N) is 1. The first-order valence-electron chi connectivity index (χ1n) is 5.48. The van der Waals surface area contributed by atoms with Crippen LogP contribution in [0.1, 0.15) is 18.6 Å². The standard InChI is InChI=1S/C10H19N5/c1-8-6-11-4-5-15(8)7-10-13-12-9(2)14(10)3/h8,11H,4-7H2,1-3H3/t8-/m1/s1. The molecule has 15 heavy (non-hydrogen) atoms. The Morgan fingerprint density at radius 3 is 2.87 bits per heavy atom. The molecule has 2 heterocycles. The molecule has 1 N–H and O–H groups in total. The molecule has 5 nitrogen and oxygen atoms in total. The lowest BCUT2D eigenvalue weighted by Crippen LogP contribution is -2.49.